The predicted molar refractivity (Wildman–Crippen MR) is 124 cm³/mol. The van der Waals surface area contributed by atoms with Crippen molar-refractivity contribution in [3.05, 3.63) is 71.7 Å². The highest BCUT2D eigenvalue weighted by Gasteiger charge is 2.21. The standard InChI is InChI=1S/C23H21F2N9O/c1-12-4-8-19(31-30-12)28-15-5-7-18-17(10-15)26-11-33(18)20-9-6-16(13(2)35)23(29-20)34-14(3)27-22(32-34)21(24)25/h4-11,13,21,35H,1-3H3,(H,28,31). The molecule has 1 unspecified atom stereocenters. The number of aliphatic hydroxyl groups is 1. The minimum atomic E-state index is -2.82. The Kier molecular flexibility index (Phi) is 5.65. The van der Waals surface area contributed by atoms with Gasteiger partial charge in [-0.05, 0) is 63.2 Å². The Morgan fingerprint density at radius 2 is 1.83 bits per heavy atom. The summed E-state index contributed by atoms with van der Waals surface area (Å²) in [5.41, 5.74) is 3.52. The van der Waals surface area contributed by atoms with Crippen molar-refractivity contribution in [1.82, 2.24) is 39.5 Å². The van der Waals surface area contributed by atoms with E-state index in [-0.39, 0.29) is 11.6 Å². The van der Waals surface area contributed by atoms with E-state index in [0.29, 0.717) is 22.7 Å². The third-order valence-corrected chi connectivity index (χ3v) is 5.39. The Bertz CT molecular complexity index is 1510. The monoisotopic (exact) mass is 477 g/mol. The first-order chi connectivity index (χ1) is 16.8. The predicted octanol–water partition coefficient (Wildman–Crippen LogP) is 4.14. The molecule has 0 aliphatic heterocycles. The molecule has 0 saturated heterocycles. The van der Waals surface area contributed by atoms with Crippen molar-refractivity contribution in [2.45, 2.75) is 33.3 Å². The van der Waals surface area contributed by atoms with Crippen molar-refractivity contribution < 1.29 is 13.9 Å². The van der Waals surface area contributed by atoms with Crippen LogP contribution in [-0.4, -0.2) is 44.6 Å². The highest BCUT2D eigenvalue weighted by atomic mass is 19.3. The maximum absolute atomic E-state index is 13.2. The molecule has 0 radical (unpaired) electrons. The summed E-state index contributed by atoms with van der Waals surface area (Å²) in [7, 11) is 0. The van der Waals surface area contributed by atoms with Gasteiger partial charge in [-0.3, -0.25) is 4.57 Å². The van der Waals surface area contributed by atoms with Gasteiger partial charge in [-0.25, -0.2) is 23.7 Å². The van der Waals surface area contributed by atoms with E-state index in [2.05, 4.69) is 35.6 Å². The molecule has 0 aliphatic carbocycles. The van der Waals surface area contributed by atoms with Gasteiger partial charge in [0.15, 0.2) is 11.6 Å². The maximum Gasteiger partial charge on any atom is 0.299 e. The van der Waals surface area contributed by atoms with Crippen molar-refractivity contribution in [3.8, 4) is 11.6 Å². The molecule has 12 heteroatoms. The number of rotatable bonds is 6. The Morgan fingerprint density at radius 3 is 2.51 bits per heavy atom. The summed E-state index contributed by atoms with van der Waals surface area (Å²) in [4.78, 5) is 12.9. The van der Waals surface area contributed by atoms with Gasteiger partial charge in [0.05, 0.1) is 22.8 Å². The number of anilines is 2. The van der Waals surface area contributed by atoms with Gasteiger partial charge in [-0.2, -0.15) is 9.78 Å². The van der Waals surface area contributed by atoms with Gasteiger partial charge in [-0.15, -0.1) is 10.2 Å². The molecule has 1 atom stereocenters. The van der Waals surface area contributed by atoms with E-state index in [1.54, 1.807) is 36.9 Å². The number of aromatic nitrogens is 8. The molecular weight excluding hydrogens is 456 g/mol. The molecule has 0 bridgehead atoms. The second kappa shape index (κ2) is 8.80. The van der Waals surface area contributed by atoms with E-state index in [1.807, 2.05) is 37.3 Å². The SMILES string of the molecule is Cc1ccc(Nc2ccc3c(c2)ncn3-c2ccc(C(C)O)c(-n3nc(C(F)F)nc3C)n2)nn1. The Balaban J connectivity index is 1.54. The van der Waals surface area contributed by atoms with Crippen LogP contribution in [0.1, 0.15) is 42.4 Å². The number of alkyl halides is 2. The van der Waals surface area contributed by atoms with E-state index in [0.717, 1.165) is 16.9 Å². The number of nitrogens with zero attached hydrogens (tertiary/aromatic N) is 8. The van der Waals surface area contributed by atoms with Gasteiger partial charge in [0.25, 0.3) is 6.43 Å². The van der Waals surface area contributed by atoms with Gasteiger partial charge in [0.2, 0.25) is 5.82 Å². The molecule has 4 aromatic heterocycles. The van der Waals surface area contributed by atoms with Crippen molar-refractivity contribution in [2.24, 2.45) is 0 Å². The smallest absolute Gasteiger partial charge is 0.299 e. The molecule has 4 heterocycles. The van der Waals surface area contributed by atoms with Crippen LogP contribution < -0.4 is 5.32 Å². The molecule has 10 nitrogen and oxygen atoms in total. The second-order valence-corrected chi connectivity index (χ2v) is 7.99. The van der Waals surface area contributed by atoms with Crippen LogP contribution >= 0.6 is 0 Å². The van der Waals surface area contributed by atoms with Crippen LogP contribution in [-0.2, 0) is 0 Å². The third kappa shape index (κ3) is 4.30. The molecule has 0 spiro atoms. The van der Waals surface area contributed by atoms with Crippen LogP contribution in [0, 0.1) is 13.8 Å². The number of halogens is 2. The maximum atomic E-state index is 13.2. The fourth-order valence-electron chi connectivity index (χ4n) is 3.67. The zero-order chi connectivity index (χ0) is 24.7. The van der Waals surface area contributed by atoms with Crippen molar-refractivity contribution in [1.29, 1.82) is 0 Å². The number of fused-ring (bicyclic) bond motifs is 1. The number of aryl methyl sites for hydroxylation is 2. The third-order valence-electron chi connectivity index (χ3n) is 5.39. The van der Waals surface area contributed by atoms with Crippen LogP contribution in [0.25, 0.3) is 22.7 Å². The second-order valence-electron chi connectivity index (χ2n) is 7.99. The summed E-state index contributed by atoms with van der Waals surface area (Å²) in [6.07, 6.45) is -2.10. The van der Waals surface area contributed by atoms with Crippen LogP contribution in [0.2, 0.25) is 0 Å². The molecular formula is C23H21F2N9O. The first kappa shape index (κ1) is 22.5. The van der Waals surface area contributed by atoms with Crippen LogP contribution in [0.4, 0.5) is 20.3 Å². The van der Waals surface area contributed by atoms with Crippen molar-refractivity contribution in [2.75, 3.05) is 5.32 Å². The quantitative estimate of drug-likeness (QED) is 0.374. The number of imidazole rings is 1. The van der Waals surface area contributed by atoms with Crippen molar-refractivity contribution in [3.63, 3.8) is 0 Å². The molecule has 2 N–H and O–H groups in total. The molecule has 1 aromatic carbocycles. The van der Waals surface area contributed by atoms with E-state index in [4.69, 9.17) is 0 Å². The number of hydrogen-bond acceptors (Lipinski definition) is 8. The van der Waals surface area contributed by atoms with E-state index in [9.17, 15) is 13.9 Å². The van der Waals surface area contributed by atoms with E-state index < -0.39 is 18.4 Å². The average molecular weight is 477 g/mol. The fourth-order valence-corrected chi connectivity index (χ4v) is 3.67. The number of pyridine rings is 1. The normalized spacial score (nSPS) is 12.4. The highest BCUT2D eigenvalue weighted by molar-refractivity contribution is 5.82. The molecule has 0 amide bonds. The minimum absolute atomic E-state index is 0.215. The molecule has 178 valence electrons. The summed E-state index contributed by atoms with van der Waals surface area (Å²) >= 11 is 0. The summed E-state index contributed by atoms with van der Waals surface area (Å²) in [6, 6.07) is 12.7. The molecule has 5 rings (SSSR count). The average Bonchev–Trinajstić information content (AvgIpc) is 3.43. The van der Waals surface area contributed by atoms with Gasteiger partial charge >= 0.3 is 0 Å². The fraction of sp³-hybridized carbons (Fsp3) is 0.217. The zero-order valence-electron chi connectivity index (χ0n) is 19.1. The lowest BCUT2D eigenvalue weighted by atomic mass is 10.1. The minimum Gasteiger partial charge on any atom is -0.389 e. The topological polar surface area (TPSA) is 119 Å². The highest BCUT2D eigenvalue weighted by Crippen LogP contribution is 2.27. The van der Waals surface area contributed by atoms with Crippen LogP contribution in [0.15, 0.2) is 48.8 Å². The summed E-state index contributed by atoms with van der Waals surface area (Å²) < 4.78 is 29.3. The van der Waals surface area contributed by atoms with E-state index >= 15 is 0 Å². The van der Waals surface area contributed by atoms with Gasteiger partial charge in [-0.1, -0.05) is 0 Å². The number of benzene rings is 1. The molecule has 0 aliphatic rings. The lowest BCUT2D eigenvalue weighted by Crippen LogP contribution is -2.11. The number of aliphatic hydroxyl groups excluding tert-OH is 1. The van der Waals surface area contributed by atoms with Crippen LogP contribution in [0.5, 0.6) is 0 Å². The van der Waals surface area contributed by atoms with Gasteiger partial charge in [0, 0.05) is 11.3 Å². The summed E-state index contributed by atoms with van der Waals surface area (Å²) in [5, 5.41) is 25.5. The Hall–Kier alpha value is -4.32. The van der Waals surface area contributed by atoms with Crippen LogP contribution in [0.3, 0.4) is 0 Å². The molecule has 0 fully saturated rings. The molecule has 35 heavy (non-hydrogen) atoms. The lowest BCUT2D eigenvalue weighted by Gasteiger charge is -2.14. The van der Waals surface area contributed by atoms with Gasteiger partial charge < -0.3 is 10.4 Å². The zero-order valence-corrected chi connectivity index (χ0v) is 19.1. The van der Waals surface area contributed by atoms with Gasteiger partial charge in [0.1, 0.15) is 18.0 Å². The van der Waals surface area contributed by atoms with Crippen molar-refractivity contribution >= 4 is 22.5 Å². The largest absolute Gasteiger partial charge is 0.389 e. The van der Waals surface area contributed by atoms with E-state index in [1.165, 1.54) is 4.68 Å². The Morgan fingerprint density at radius 1 is 1.00 bits per heavy atom. The summed E-state index contributed by atoms with van der Waals surface area (Å²) in [6.45, 7) is 4.99. The number of nitrogens with one attached hydrogen (secondary N) is 1. The molecule has 5 aromatic rings. The Labute approximate surface area is 198 Å². The summed E-state index contributed by atoms with van der Waals surface area (Å²) in [5.74, 6) is 0.939. The lowest BCUT2D eigenvalue weighted by molar-refractivity contribution is 0.140. The number of hydrogen-bond donors (Lipinski definition) is 2. The molecule has 0 saturated carbocycles. The first-order valence-corrected chi connectivity index (χ1v) is 10.8. The first-order valence-electron chi connectivity index (χ1n) is 10.8.